The number of hydrogen-bond acceptors (Lipinski definition) is 2. The first-order valence-corrected chi connectivity index (χ1v) is 7.66. The van der Waals surface area contributed by atoms with E-state index in [1.807, 2.05) is 18.2 Å². The van der Waals surface area contributed by atoms with E-state index < -0.39 is 0 Å². The minimum atomic E-state index is 0.795. The van der Waals surface area contributed by atoms with Crippen LogP contribution in [0.5, 0.6) is 0 Å². The Hall–Kier alpha value is -2.26. The van der Waals surface area contributed by atoms with Crippen molar-refractivity contribution in [3.8, 4) is 0 Å². The minimum Gasteiger partial charge on any atom is -0.467 e. The maximum Gasteiger partial charge on any atom is 0.123 e. The zero-order valence-electron chi connectivity index (χ0n) is 13.2. The molecule has 0 aliphatic rings. The largest absolute Gasteiger partial charge is 0.467 e. The number of nitrogens with one attached hydrogen (secondary N) is 1. The van der Waals surface area contributed by atoms with Crippen LogP contribution in [0.3, 0.4) is 0 Å². The molecule has 0 bridgehead atoms. The summed E-state index contributed by atoms with van der Waals surface area (Å²) in [7, 11) is 0. The molecule has 0 radical (unpaired) electrons. The fraction of sp³-hybridized carbons (Fsp3) is 0.263. The number of hydrogen-bond donors (Lipinski definition) is 1. The average Bonchev–Trinajstić information content (AvgIpc) is 3.13. The van der Waals surface area contributed by atoms with Gasteiger partial charge in [0, 0.05) is 24.5 Å². The SMILES string of the molecule is Cc1cc(CNCc2ccccc2)c(C)n1Cc1ccco1. The van der Waals surface area contributed by atoms with Crippen molar-refractivity contribution >= 4 is 0 Å². The summed E-state index contributed by atoms with van der Waals surface area (Å²) in [4.78, 5) is 0. The summed E-state index contributed by atoms with van der Waals surface area (Å²) in [6.45, 7) is 6.89. The Labute approximate surface area is 131 Å². The number of aryl methyl sites for hydroxylation is 1. The Bertz CT molecular complexity index is 711. The summed E-state index contributed by atoms with van der Waals surface area (Å²) in [6, 6.07) is 16.7. The van der Waals surface area contributed by atoms with Crippen molar-refractivity contribution in [3.63, 3.8) is 0 Å². The molecule has 0 atom stereocenters. The Morgan fingerprint density at radius 2 is 1.82 bits per heavy atom. The number of benzene rings is 1. The summed E-state index contributed by atoms with van der Waals surface area (Å²) in [5, 5.41) is 3.52. The van der Waals surface area contributed by atoms with Crippen LogP contribution in [-0.2, 0) is 19.6 Å². The molecule has 0 aliphatic carbocycles. The van der Waals surface area contributed by atoms with Gasteiger partial charge in [0.1, 0.15) is 5.76 Å². The average molecular weight is 294 g/mol. The van der Waals surface area contributed by atoms with Crippen LogP contribution >= 0.6 is 0 Å². The quantitative estimate of drug-likeness (QED) is 0.743. The van der Waals surface area contributed by atoms with Crippen LogP contribution < -0.4 is 5.32 Å². The Balaban J connectivity index is 1.64. The second kappa shape index (κ2) is 6.67. The molecule has 3 rings (SSSR count). The predicted molar refractivity (Wildman–Crippen MR) is 88.7 cm³/mol. The second-order valence-corrected chi connectivity index (χ2v) is 5.65. The van der Waals surface area contributed by atoms with E-state index in [9.17, 15) is 0 Å². The van der Waals surface area contributed by atoms with Crippen molar-refractivity contribution in [2.75, 3.05) is 0 Å². The lowest BCUT2D eigenvalue weighted by Gasteiger charge is -2.09. The van der Waals surface area contributed by atoms with E-state index in [4.69, 9.17) is 4.42 Å². The first kappa shape index (κ1) is 14.7. The van der Waals surface area contributed by atoms with Gasteiger partial charge in [0.25, 0.3) is 0 Å². The van der Waals surface area contributed by atoms with E-state index in [-0.39, 0.29) is 0 Å². The standard InChI is InChI=1S/C19H22N2O/c1-15-11-18(13-20-12-17-7-4-3-5-8-17)16(2)21(15)14-19-9-6-10-22-19/h3-11,20H,12-14H2,1-2H3. The normalized spacial score (nSPS) is 11.0. The van der Waals surface area contributed by atoms with Gasteiger partial charge in [-0.1, -0.05) is 30.3 Å². The number of furan rings is 1. The third-order valence-corrected chi connectivity index (χ3v) is 4.06. The van der Waals surface area contributed by atoms with E-state index >= 15 is 0 Å². The lowest BCUT2D eigenvalue weighted by molar-refractivity contribution is 0.489. The highest BCUT2D eigenvalue weighted by molar-refractivity contribution is 5.27. The first-order valence-electron chi connectivity index (χ1n) is 7.66. The Morgan fingerprint density at radius 3 is 2.55 bits per heavy atom. The van der Waals surface area contributed by atoms with Crippen LogP contribution in [0.25, 0.3) is 0 Å². The molecule has 2 heterocycles. The molecule has 1 N–H and O–H groups in total. The molecule has 1 aromatic carbocycles. The van der Waals surface area contributed by atoms with Crippen LogP contribution in [0, 0.1) is 13.8 Å². The minimum absolute atomic E-state index is 0.795. The lowest BCUT2D eigenvalue weighted by atomic mass is 10.2. The van der Waals surface area contributed by atoms with Gasteiger partial charge in [-0.05, 0) is 43.2 Å². The van der Waals surface area contributed by atoms with Crippen molar-refractivity contribution in [1.82, 2.24) is 9.88 Å². The van der Waals surface area contributed by atoms with Crippen LogP contribution in [0.4, 0.5) is 0 Å². The van der Waals surface area contributed by atoms with E-state index in [1.165, 1.54) is 22.5 Å². The van der Waals surface area contributed by atoms with Crippen molar-refractivity contribution in [2.24, 2.45) is 0 Å². The highest BCUT2D eigenvalue weighted by Gasteiger charge is 2.10. The molecule has 3 aromatic rings. The Morgan fingerprint density at radius 1 is 1.00 bits per heavy atom. The van der Waals surface area contributed by atoms with Gasteiger partial charge in [-0.25, -0.2) is 0 Å². The number of nitrogens with zero attached hydrogens (tertiary/aromatic N) is 1. The van der Waals surface area contributed by atoms with Crippen LogP contribution in [0.15, 0.2) is 59.2 Å². The van der Waals surface area contributed by atoms with Gasteiger partial charge in [-0.3, -0.25) is 0 Å². The molecular formula is C19H22N2O. The molecule has 114 valence electrons. The first-order chi connectivity index (χ1) is 10.7. The molecule has 0 amide bonds. The van der Waals surface area contributed by atoms with Crippen LogP contribution in [0.2, 0.25) is 0 Å². The molecule has 0 fully saturated rings. The molecule has 0 aliphatic heterocycles. The summed E-state index contributed by atoms with van der Waals surface area (Å²) in [5.41, 5.74) is 5.23. The van der Waals surface area contributed by atoms with Crippen molar-refractivity contribution < 1.29 is 4.42 Å². The fourth-order valence-corrected chi connectivity index (χ4v) is 2.79. The molecule has 3 heteroatoms. The van der Waals surface area contributed by atoms with Gasteiger partial charge >= 0.3 is 0 Å². The highest BCUT2D eigenvalue weighted by Crippen LogP contribution is 2.17. The molecule has 2 aromatic heterocycles. The molecular weight excluding hydrogens is 272 g/mol. The fourth-order valence-electron chi connectivity index (χ4n) is 2.79. The zero-order chi connectivity index (χ0) is 15.4. The zero-order valence-corrected chi connectivity index (χ0v) is 13.2. The topological polar surface area (TPSA) is 30.1 Å². The third kappa shape index (κ3) is 3.31. The van der Waals surface area contributed by atoms with Crippen molar-refractivity contribution in [3.05, 3.63) is 83.1 Å². The monoisotopic (exact) mass is 294 g/mol. The molecule has 0 spiro atoms. The van der Waals surface area contributed by atoms with Crippen LogP contribution in [0.1, 0.15) is 28.3 Å². The molecule has 0 saturated heterocycles. The summed E-state index contributed by atoms with van der Waals surface area (Å²) in [5.74, 6) is 0.991. The summed E-state index contributed by atoms with van der Waals surface area (Å²) < 4.78 is 7.76. The van der Waals surface area contributed by atoms with E-state index in [0.717, 1.165) is 25.4 Å². The van der Waals surface area contributed by atoms with Gasteiger partial charge in [0.15, 0.2) is 0 Å². The van der Waals surface area contributed by atoms with Gasteiger partial charge in [0.05, 0.1) is 12.8 Å². The van der Waals surface area contributed by atoms with Gasteiger partial charge in [-0.2, -0.15) is 0 Å². The smallest absolute Gasteiger partial charge is 0.123 e. The van der Waals surface area contributed by atoms with E-state index in [1.54, 1.807) is 6.26 Å². The summed E-state index contributed by atoms with van der Waals surface area (Å²) in [6.07, 6.45) is 1.73. The van der Waals surface area contributed by atoms with Crippen LogP contribution in [-0.4, -0.2) is 4.57 Å². The van der Waals surface area contributed by atoms with Gasteiger partial charge in [0.2, 0.25) is 0 Å². The third-order valence-electron chi connectivity index (χ3n) is 4.06. The van der Waals surface area contributed by atoms with Gasteiger partial charge in [-0.15, -0.1) is 0 Å². The molecule has 3 nitrogen and oxygen atoms in total. The van der Waals surface area contributed by atoms with Gasteiger partial charge < -0.3 is 14.3 Å². The maximum absolute atomic E-state index is 5.46. The second-order valence-electron chi connectivity index (χ2n) is 5.65. The molecule has 0 unspecified atom stereocenters. The Kier molecular flexibility index (Phi) is 4.45. The highest BCUT2D eigenvalue weighted by atomic mass is 16.3. The van der Waals surface area contributed by atoms with Crippen molar-refractivity contribution in [1.29, 1.82) is 0 Å². The lowest BCUT2D eigenvalue weighted by Crippen LogP contribution is -2.13. The summed E-state index contributed by atoms with van der Waals surface area (Å²) >= 11 is 0. The maximum atomic E-state index is 5.46. The van der Waals surface area contributed by atoms with Crippen molar-refractivity contribution in [2.45, 2.75) is 33.5 Å². The van der Waals surface area contributed by atoms with E-state index in [2.05, 4.69) is 54.1 Å². The number of aromatic nitrogens is 1. The molecule has 22 heavy (non-hydrogen) atoms. The predicted octanol–water partition coefficient (Wildman–Crippen LogP) is 4.04. The van der Waals surface area contributed by atoms with E-state index in [0.29, 0.717) is 0 Å². The number of rotatable bonds is 6. The molecule has 0 saturated carbocycles.